The minimum Gasteiger partial charge on any atom is -0.365 e. The van der Waals surface area contributed by atoms with Gasteiger partial charge in [-0.15, -0.1) is 0 Å². The van der Waals surface area contributed by atoms with E-state index in [4.69, 9.17) is 10.5 Å². The van der Waals surface area contributed by atoms with E-state index in [9.17, 15) is 10.1 Å². The molecule has 0 heterocycles. The van der Waals surface area contributed by atoms with Gasteiger partial charge in [0, 0.05) is 19.2 Å². The van der Waals surface area contributed by atoms with E-state index < -0.39 is 4.92 Å². The molecular formula is C12H12N4O2. The van der Waals surface area contributed by atoms with E-state index in [1.807, 2.05) is 19.1 Å². The molecule has 18 heavy (non-hydrogen) atoms. The molecule has 0 atom stereocenters. The van der Waals surface area contributed by atoms with E-state index in [1.54, 1.807) is 4.90 Å². The topological polar surface area (TPSA) is 94.0 Å². The van der Waals surface area contributed by atoms with Crippen LogP contribution in [0.3, 0.4) is 0 Å². The summed E-state index contributed by atoms with van der Waals surface area (Å²) in [5, 5.41) is 28.4. The third-order valence-electron chi connectivity index (χ3n) is 2.52. The molecule has 1 aromatic carbocycles. The second-order valence-corrected chi connectivity index (χ2v) is 3.56. The first kappa shape index (κ1) is 13.5. The standard InChI is InChI=1S/C12H12N4O2/c1-2-15(7-3-6-13)12-8-10(9-14)4-5-11(12)16(17)18/h4-5,8H,2-3,7H2,1H3. The molecule has 92 valence electrons. The average molecular weight is 244 g/mol. The number of benzene rings is 1. The number of nitriles is 2. The molecule has 0 aromatic heterocycles. The zero-order valence-corrected chi connectivity index (χ0v) is 9.96. The lowest BCUT2D eigenvalue weighted by atomic mass is 10.1. The van der Waals surface area contributed by atoms with Crippen LogP contribution in [0.1, 0.15) is 18.9 Å². The lowest BCUT2D eigenvalue weighted by Gasteiger charge is -2.21. The third-order valence-corrected chi connectivity index (χ3v) is 2.52. The Morgan fingerprint density at radius 3 is 2.67 bits per heavy atom. The van der Waals surface area contributed by atoms with Gasteiger partial charge in [0.1, 0.15) is 5.69 Å². The van der Waals surface area contributed by atoms with Gasteiger partial charge in [0.25, 0.3) is 5.69 Å². The number of hydrogen-bond acceptors (Lipinski definition) is 5. The van der Waals surface area contributed by atoms with E-state index in [0.29, 0.717) is 24.3 Å². The molecule has 0 spiro atoms. The first-order valence-electron chi connectivity index (χ1n) is 5.44. The molecule has 0 radical (unpaired) electrons. The number of nitrogens with zero attached hydrogens (tertiary/aromatic N) is 4. The summed E-state index contributed by atoms with van der Waals surface area (Å²) in [4.78, 5) is 12.2. The number of nitro benzene ring substituents is 1. The van der Waals surface area contributed by atoms with Gasteiger partial charge in [0.15, 0.2) is 0 Å². The summed E-state index contributed by atoms with van der Waals surface area (Å²) < 4.78 is 0. The van der Waals surface area contributed by atoms with Gasteiger partial charge < -0.3 is 4.90 Å². The van der Waals surface area contributed by atoms with Gasteiger partial charge in [0.05, 0.1) is 29.0 Å². The summed E-state index contributed by atoms with van der Waals surface area (Å²) in [6.45, 7) is 2.79. The van der Waals surface area contributed by atoms with Crippen LogP contribution >= 0.6 is 0 Å². The molecule has 0 unspecified atom stereocenters. The molecular weight excluding hydrogens is 232 g/mol. The monoisotopic (exact) mass is 244 g/mol. The van der Waals surface area contributed by atoms with Crippen LogP contribution in [0.5, 0.6) is 0 Å². The van der Waals surface area contributed by atoms with Gasteiger partial charge in [0.2, 0.25) is 0 Å². The Balaban J connectivity index is 3.21. The van der Waals surface area contributed by atoms with Crippen molar-refractivity contribution in [2.45, 2.75) is 13.3 Å². The van der Waals surface area contributed by atoms with Crippen molar-refractivity contribution in [1.82, 2.24) is 0 Å². The van der Waals surface area contributed by atoms with E-state index in [-0.39, 0.29) is 12.1 Å². The zero-order chi connectivity index (χ0) is 13.5. The van der Waals surface area contributed by atoms with Crippen LogP contribution in [0.2, 0.25) is 0 Å². The highest BCUT2D eigenvalue weighted by atomic mass is 16.6. The molecule has 6 nitrogen and oxygen atoms in total. The van der Waals surface area contributed by atoms with Crippen LogP contribution in [-0.2, 0) is 0 Å². The molecule has 6 heteroatoms. The summed E-state index contributed by atoms with van der Waals surface area (Å²) in [6.07, 6.45) is 0.280. The van der Waals surface area contributed by atoms with Crippen LogP contribution in [0.25, 0.3) is 0 Å². The Morgan fingerprint density at radius 1 is 1.44 bits per heavy atom. The Labute approximate surface area is 105 Å². The first-order chi connectivity index (χ1) is 8.63. The van der Waals surface area contributed by atoms with E-state index >= 15 is 0 Å². The highest BCUT2D eigenvalue weighted by Crippen LogP contribution is 2.29. The smallest absolute Gasteiger partial charge is 0.292 e. The summed E-state index contributed by atoms with van der Waals surface area (Å²) in [5.41, 5.74) is 0.705. The van der Waals surface area contributed by atoms with Crippen LogP contribution in [0.15, 0.2) is 18.2 Å². The van der Waals surface area contributed by atoms with Crippen molar-refractivity contribution >= 4 is 11.4 Å². The number of anilines is 1. The molecule has 0 aliphatic rings. The van der Waals surface area contributed by atoms with Crippen molar-refractivity contribution in [2.24, 2.45) is 0 Å². The molecule has 0 fully saturated rings. The van der Waals surface area contributed by atoms with Crippen LogP contribution < -0.4 is 4.90 Å². The Bertz CT molecular complexity index is 528. The number of nitro groups is 1. The number of hydrogen-bond donors (Lipinski definition) is 0. The highest BCUT2D eigenvalue weighted by Gasteiger charge is 2.18. The summed E-state index contributed by atoms with van der Waals surface area (Å²) in [7, 11) is 0. The van der Waals surface area contributed by atoms with Gasteiger partial charge in [-0.3, -0.25) is 10.1 Å². The second-order valence-electron chi connectivity index (χ2n) is 3.56. The molecule has 1 aromatic rings. The predicted octanol–water partition coefficient (Wildman–Crippen LogP) is 2.21. The Hall–Kier alpha value is -2.60. The van der Waals surface area contributed by atoms with Gasteiger partial charge in [-0.05, 0) is 19.1 Å². The van der Waals surface area contributed by atoms with E-state index in [1.165, 1.54) is 18.2 Å². The Kier molecular flexibility index (Phi) is 4.65. The van der Waals surface area contributed by atoms with E-state index in [0.717, 1.165) is 0 Å². The van der Waals surface area contributed by atoms with Crippen molar-refractivity contribution in [3.05, 3.63) is 33.9 Å². The second kappa shape index (κ2) is 6.21. The quantitative estimate of drug-likeness (QED) is 0.584. The van der Waals surface area contributed by atoms with Gasteiger partial charge in [-0.1, -0.05) is 0 Å². The SMILES string of the molecule is CCN(CCC#N)c1cc(C#N)ccc1[N+](=O)[O-]. The maximum absolute atomic E-state index is 10.9. The summed E-state index contributed by atoms with van der Waals surface area (Å²) in [5.74, 6) is 0. The summed E-state index contributed by atoms with van der Waals surface area (Å²) >= 11 is 0. The fourth-order valence-corrected chi connectivity index (χ4v) is 1.63. The summed E-state index contributed by atoms with van der Waals surface area (Å²) in [6, 6.07) is 8.18. The van der Waals surface area contributed by atoms with Crippen LogP contribution in [0, 0.1) is 32.8 Å². The zero-order valence-electron chi connectivity index (χ0n) is 9.96. The lowest BCUT2D eigenvalue weighted by molar-refractivity contribution is -0.384. The molecule has 0 bridgehead atoms. The van der Waals surface area contributed by atoms with Gasteiger partial charge >= 0.3 is 0 Å². The van der Waals surface area contributed by atoms with Gasteiger partial charge in [-0.25, -0.2) is 0 Å². The maximum Gasteiger partial charge on any atom is 0.292 e. The Morgan fingerprint density at radius 2 is 2.17 bits per heavy atom. The molecule has 1 rings (SSSR count). The van der Waals surface area contributed by atoms with E-state index in [2.05, 4.69) is 0 Å². The van der Waals surface area contributed by atoms with Crippen molar-refractivity contribution in [1.29, 1.82) is 10.5 Å². The molecule has 0 aliphatic carbocycles. The molecule has 0 N–H and O–H groups in total. The van der Waals surface area contributed by atoms with Gasteiger partial charge in [-0.2, -0.15) is 10.5 Å². The molecule has 0 aliphatic heterocycles. The molecule has 0 saturated carbocycles. The van der Waals surface area contributed by atoms with Crippen LogP contribution in [-0.4, -0.2) is 18.0 Å². The largest absolute Gasteiger partial charge is 0.365 e. The highest BCUT2D eigenvalue weighted by molar-refractivity contribution is 5.66. The first-order valence-corrected chi connectivity index (χ1v) is 5.44. The minimum absolute atomic E-state index is 0.0474. The normalized spacial score (nSPS) is 9.28. The van der Waals surface area contributed by atoms with Crippen molar-refractivity contribution in [3.63, 3.8) is 0 Å². The maximum atomic E-state index is 10.9. The van der Waals surface area contributed by atoms with Crippen molar-refractivity contribution in [2.75, 3.05) is 18.0 Å². The molecule has 0 saturated heterocycles. The predicted molar refractivity (Wildman–Crippen MR) is 65.9 cm³/mol. The number of rotatable bonds is 5. The average Bonchev–Trinajstić information content (AvgIpc) is 2.39. The third kappa shape index (κ3) is 2.96. The van der Waals surface area contributed by atoms with Crippen molar-refractivity contribution < 1.29 is 4.92 Å². The molecule has 0 amide bonds. The lowest BCUT2D eigenvalue weighted by Crippen LogP contribution is -2.24. The fraction of sp³-hybridized carbons (Fsp3) is 0.333. The minimum atomic E-state index is -0.481. The van der Waals surface area contributed by atoms with Crippen molar-refractivity contribution in [3.8, 4) is 12.1 Å². The fourth-order valence-electron chi connectivity index (χ4n) is 1.63. The van der Waals surface area contributed by atoms with Crippen LogP contribution in [0.4, 0.5) is 11.4 Å².